The van der Waals surface area contributed by atoms with Gasteiger partial charge in [-0.3, -0.25) is 4.79 Å². The van der Waals surface area contributed by atoms with Gasteiger partial charge in [-0.25, -0.2) is 12.8 Å². The normalized spacial score (nSPS) is 15.5. The average Bonchev–Trinajstić information content (AvgIpc) is 3.04. The summed E-state index contributed by atoms with van der Waals surface area (Å²) >= 11 is 0. The molecule has 8 heteroatoms. The number of sulfone groups is 1. The molecular formula is C21H24FNO5S. The zero-order valence-corrected chi connectivity index (χ0v) is 17.2. The van der Waals surface area contributed by atoms with E-state index in [0.29, 0.717) is 12.4 Å². The molecule has 29 heavy (non-hydrogen) atoms. The van der Waals surface area contributed by atoms with E-state index in [-0.39, 0.29) is 29.7 Å². The van der Waals surface area contributed by atoms with Gasteiger partial charge < -0.3 is 14.8 Å². The van der Waals surface area contributed by atoms with Crippen molar-refractivity contribution in [2.24, 2.45) is 0 Å². The van der Waals surface area contributed by atoms with Gasteiger partial charge in [-0.1, -0.05) is 0 Å². The molecule has 156 valence electrons. The van der Waals surface area contributed by atoms with Gasteiger partial charge in [0, 0.05) is 30.5 Å². The van der Waals surface area contributed by atoms with Gasteiger partial charge in [0.25, 0.3) is 0 Å². The fourth-order valence-electron chi connectivity index (χ4n) is 3.18. The maximum atomic E-state index is 13.0. The highest BCUT2D eigenvalue weighted by Crippen LogP contribution is 2.35. The molecule has 0 spiro atoms. The third-order valence-corrected chi connectivity index (χ3v) is 6.36. The van der Waals surface area contributed by atoms with Crippen molar-refractivity contribution >= 4 is 15.7 Å². The van der Waals surface area contributed by atoms with Crippen molar-refractivity contribution in [3.8, 4) is 11.5 Å². The molecule has 1 atom stereocenters. The lowest BCUT2D eigenvalue weighted by Crippen LogP contribution is -2.25. The van der Waals surface area contributed by atoms with Crippen molar-refractivity contribution < 1.29 is 27.1 Å². The number of halogens is 1. The molecule has 1 aliphatic rings. The van der Waals surface area contributed by atoms with Crippen molar-refractivity contribution in [1.82, 2.24) is 5.32 Å². The topological polar surface area (TPSA) is 81.7 Å². The summed E-state index contributed by atoms with van der Waals surface area (Å²) in [6.07, 6.45) is 0.715. The molecule has 1 N–H and O–H groups in total. The number of nitrogens with one attached hydrogen (secondary N) is 1. The van der Waals surface area contributed by atoms with Crippen molar-refractivity contribution in [3.05, 3.63) is 53.3 Å². The summed E-state index contributed by atoms with van der Waals surface area (Å²) in [6, 6.07) is 8.35. The molecule has 0 aromatic heterocycles. The molecule has 0 unspecified atom stereocenters. The van der Waals surface area contributed by atoms with Crippen LogP contribution < -0.4 is 14.8 Å². The van der Waals surface area contributed by atoms with Gasteiger partial charge in [-0.2, -0.15) is 0 Å². The Kier molecular flexibility index (Phi) is 6.42. The molecule has 3 rings (SSSR count). The predicted octanol–water partition coefficient (Wildman–Crippen LogP) is 3.03. The van der Waals surface area contributed by atoms with Crippen LogP contribution in [0.2, 0.25) is 0 Å². The van der Waals surface area contributed by atoms with Gasteiger partial charge >= 0.3 is 0 Å². The van der Waals surface area contributed by atoms with E-state index in [4.69, 9.17) is 9.47 Å². The molecule has 0 aliphatic carbocycles. The molecule has 0 radical (unpaired) electrons. The first-order valence-corrected chi connectivity index (χ1v) is 11.1. The van der Waals surface area contributed by atoms with Crippen LogP contribution in [-0.2, 0) is 27.6 Å². The van der Waals surface area contributed by atoms with Crippen LogP contribution in [0.5, 0.6) is 11.5 Å². The Morgan fingerprint density at radius 1 is 1.28 bits per heavy atom. The summed E-state index contributed by atoms with van der Waals surface area (Å²) in [7, 11) is -3.66. The van der Waals surface area contributed by atoms with Crippen molar-refractivity contribution in [2.45, 2.75) is 44.2 Å². The Bertz CT molecular complexity index is 989. The van der Waals surface area contributed by atoms with Crippen molar-refractivity contribution in [1.29, 1.82) is 0 Å². The number of fused-ring (bicyclic) bond motifs is 1. The van der Waals surface area contributed by atoms with Gasteiger partial charge in [0.15, 0.2) is 9.84 Å². The minimum absolute atomic E-state index is 0.00442. The smallest absolute Gasteiger partial charge is 0.221 e. The van der Waals surface area contributed by atoms with E-state index in [9.17, 15) is 17.6 Å². The van der Waals surface area contributed by atoms with Crippen molar-refractivity contribution in [3.63, 3.8) is 0 Å². The van der Waals surface area contributed by atoms with Crippen LogP contribution in [0.1, 0.15) is 31.4 Å². The first-order chi connectivity index (χ1) is 13.8. The van der Waals surface area contributed by atoms with E-state index in [2.05, 4.69) is 5.32 Å². The molecule has 0 bridgehead atoms. The third-order valence-electron chi connectivity index (χ3n) is 4.63. The van der Waals surface area contributed by atoms with Crippen LogP contribution in [0.4, 0.5) is 4.39 Å². The van der Waals surface area contributed by atoms with E-state index < -0.39 is 21.6 Å². The van der Waals surface area contributed by atoms with Gasteiger partial charge in [-0.15, -0.1) is 0 Å². The largest absolute Gasteiger partial charge is 0.494 e. The van der Waals surface area contributed by atoms with E-state index >= 15 is 0 Å². The number of carbonyl (C=O) groups is 1. The van der Waals surface area contributed by atoms with Crippen LogP contribution >= 0.6 is 0 Å². The Hall–Kier alpha value is -2.61. The minimum atomic E-state index is -3.66. The quantitative estimate of drug-likeness (QED) is 0.663. The number of benzene rings is 2. The highest BCUT2D eigenvalue weighted by molar-refractivity contribution is 7.91. The van der Waals surface area contributed by atoms with Gasteiger partial charge in [0.1, 0.15) is 23.4 Å². The summed E-state index contributed by atoms with van der Waals surface area (Å²) in [5, 5.41) is 2.73. The molecule has 0 fully saturated rings. The Morgan fingerprint density at radius 2 is 2.00 bits per heavy atom. The number of hydrogen-bond donors (Lipinski definition) is 1. The monoisotopic (exact) mass is 421 g/mol. The summed E-state index contributed by atoms with van der Waals surface area (Å²) in [6.45, 7) is 4.57. The predicted molar refractivity (Wildman–Crippen MR) is 106 cm³/mol. The molecule has 0 saturated heterocycles. The highest BCUT2D eigenvalue weighted by Gasteiger charge is 2.22. The zero-order valence-electron chi connectivity index (χ0n) is 16.4. The zero-order chi connectivity index (χ0) is 21.0. The first-order valence-electron chi connectivity index (χ1n) is 9.48. The van der Waals surface area contributed by atoms with Crippen LogP contribution in [-0.4, -0.2) is 32.8 Å². The molecular weight excluding hydrogens is 397 g/mol. The van der Waals surface area contributed by atoms with E-state index in [0.717, 1.165) is 35.4 Å². The van der Waals surface area contributed by atoms with Crippen LogP contribution in [0.3, 0.4) is 0 Å². The van der Waals surface area contributed by atoms with Gasteiger partial charge in [-0.05, 0) is 50.2 Å². The second-order valence-electron chi connectivity index (χ2n) is 6.93. The summed E-state index contributed by atoms with van der Waals surface area (Å²) in [5.41, 5.74) is 1.84. The molecule has 1 amide bonds. The maximum Gasteiger partial charge on any atom is 0.221 e. The highest BCUT2D eigenvalue weighted by atomic mass is 32.2. The summed E-state index contributed by atoms with van der Waals surface area (Å²) < 4.78 is 49.0. The van der Waals surface area contributed by atoms with Crippen LogP contribution in [0.25, 0.3) is 0 Å². The second-order valence-corrected chi connectivity index (χ2v) is 9.04. The van der Waals surface area contributed by atoms with E-state index in [1.54, 1.807) is 0 Å². The molecule has 1 heterocycles. The Morgan fingerprint density at radius 3 is 2.69 bits per heavy atom. The Balaban J connectivity index is 1.60. The lowest BCUT2D eigenvalue weighted by atomic mass is 10.1. The van der Waals surface area contributed by atoms with Gasteiger partial charge in [0.2, 0.25) is 5.91 Å². The van der Waals surface area contributed by atoms with E-state index in [1.807, 2.05) is 26.0 Å². The molecule has 1 aliphatic heterocycles. The number of rotatable bonds is 8. The van der Waals surface area contributed by atoms with Gasteiger partial charge in [0.05, 0.1) is 17.3 Å². The number of amides is 1. The minimum Gasteiger partial charge on any atom is -0.494 e. The summed E-state index contributed by atoms with van der Waals surface area (Å²) in [5.74, 6) is 0.202. The average molecular weight is 421 g/mol. The lowest BCUT2D eigenvalue weighted by Gasteiger charge is -2.13. The van der Waals surface area contributed by atoms with Crippen LogP contribution in [0.15, 0.2) is 41.3 Å². The maximum absolute atomic E-state index is 13.0. The molecule has 0 saturated carbocycles. The number of ether oxygens (including phenoxy) is 2. The fourth-order valence-corrected chi connectivity index (χ4v) is 4.42. The number of hydrogen-bond acceptors (Lipinski definition) is 5. The summed E-state index contributed by atoms with van der Waals surface area (Å²) in [4.78, 5) is 12.2. The van der Waals surface area contributed by atoms with Crippen molar-refractivity contribution in [2.75, 3.05) is 12.4 Å². The van der Waals surface area contributed by atoms with Crippen LogP contribution in [0, 0.1) is 5.82 Å². The SMILES string of the molecule is CCOc1cc2c(cc1CNC(=O)CCS(=O)(=O)c1ccc(F)cc1)O[C@@H](C)C2. The standard InChI is InChI=1S/C21H24FNO5S/c1-3-27-19-11-15-10-14(2)28-20(15)12-16(19)13-23-21(24)8-9-29(25,26)18-6-4-17(22)5-7-18/h4-7,11-12,14H,3,8-10,13H2,1-2H3,(H,23,24)/t14-/m0/s1. The first kappa shape index (κ1) is 21.1. The lowest BCUT2D eigenvalue weighted by molar-refractivity contribution is -0.120. The van der Waals surface area contributed by atoms with E-state index in [1.165, 1.54) is 12.1 Å². The molecule has 6 nitrogen and oxygen atoms in total. The second kappa shape index (κ2) is 8.82. The number of carbonyl (C=O) groups excluding carboxylic acids is 1. The third kappa shape index (κ3) is 5.26. The molecule has 2 aromatic carbocycles. The fraction of sp³-hybridized carbons (Fsp3) is 0.381. The molecule has 2 aromatic rings. The Labute approximate surface area is 169 Å².